The number of carboxylic acids is 4. The van der Waals surface area contributed by atoms with Gasteiger partial charge in [0, 0.05) is 71.0 Å². The van der Waals surface area contributed by atoms with E-state index in [0.717, 1.165) is 147 Å². The van der Waals surface area contributed by atoms with E-state index in [0.29, 0.717) is 0 Å². The van der Waals surface area contributed by atoms with Gasteiger partial charge in [-0.1, -0.05) is 390 Å². The van der Waals surface area contributed by atoms with Crippen LogP contribution in [0.2, 0.25) is 0 Å². The highest BCUT2D eigenvalue weighted by atomic mass is 16.6. The van der Waals surface area contributed by atoms with Gasteiger partial charge >= 0.3 is 47.8 Å². The van der Waals surface area contributed by atoms with E-state index in [2.05, 4.69) is 48.5 Å². The lowest BCUT2D eigenvalue weighted by atomic mass is 9.52. The molecule has 0 aliphatic heterocycles. The summed E-state index contributed by atoms with van der Waals surface area (Å²) in [6.45, 7) is 0. The summed E-state index contributed by atoms with van der Waals surface area (Å²) in [5, 5.41) is 40.6. The van der Waals surface area contributed by atoms with Crippen LogP contribution in [0.5, 0.6) is 0 Å². The third kappa shape index (κ3) is 20.9. The van der Waals surface area contributed by atoms with E-state index in [1.165, 1.54) is 22.3 Å². The van der Waals surface area contributed by atoms with Crippen molar-refractivity contribution in [1.82, 2.24) is 0 Å². The fourth-order valence-corrected chi connectivity index (χ4v) is 24.3. The van der Waals surface area contributed by atoms with E-state index in [4.69, 9.17) is 18.9 Å². The number of esters is 4. The maximum atomic E-state index is 13.8. The number of rotatable bonds is 24. The Morgan fingerprint density at radius 2 is 0.279 bits per heavy atom. The third-order valence-electron chi connectivity index (χ3n) is 30.7. The Balaban J connectivity index is 0.000000126. The fraction of sp³-hybridized carbons (Fsp3) is 0.333. The van der Waals surface area contributed by atoms with Crippen LogP contribution in [0.1, 0.15) is 241 Å². The molecule has 0 spiro atoms. The highest BCUT2D eigenvalue weighted by Crippen LogP contribution is 2.63. The summed E-state index contributed by atoms with van der Waals surface area (Å²) < 4.78 is 25.0. The monoisotopic (exact) mass is 1820 g/mol. The molecule has 12 aromatic carbocycles. The van der Waals surface area contributed by atoms with Gasteiger partial charge in [-0.2, -0.15) is 0 Å². The van der Waals surface area contributed by atoms with Crippen molar-refractivity contribution in [2.45, 2.75) is 198 Å². The summed E-state index contributed by atoms with van der Waals surface area (Å²) >= 11 is 0. The quantitative estimate of drug-likeness (QED) is 0.0324. The molecule has 16 nitrogen and oxygen atoms in total. The Kier molecular flexibility index (Phi) is 31.0. The van der Waals surface area contributed by atoms with Gasteiger partial charge in [-0.25, -0.2) is 0 Å². The van der Waals surface area contributed by atoms with Gasteiger partial charge in [-0.15, -0.1) is 0 Å². The molecule has 4 unspecified atom stereocenters. The summed E-state index contributed by atoms with van der Waals surface area (Å²) in [5.41, 5.74) is 11.9. The van der Waals surface area contributed by atoms with Crippen molar-refractivity contribution in [1.29, 1.82) is 0 Å². The van der Waals surface area contributed by atoms with E-state index < -0.39 is 119 Å². The highest BCUT2D eigenvalue weighted by Gasteiger charge is 2.64. The third-order valence-corrected chi connectivity index (χ3v) is 30.7. The smallest absolute Gasteiger partial charge is 0.310 e. The summed E-state index contributed by atoms with van der Waals surface area (Å²) in [5.74, 6) is -11.9. The second kappa shape index (κ2) is 44.7. The van der Waals surface area contributed by atoms with E-state index >= 15 is 0 Å². The summed E-state index contributed by atoms with van der Waals surface area (Å²) in [7, 11) is 0. The predicted octanol–water partition coefficient (Wildman–Crippen LogP) is 24.6. The second-order valence-corrected chi connectivity index (χ2v) is 38.2. The average Bonchev–Trinajstić information content (AvgIpc) is 0.735. The van der Waals surface area contributed by atoms with E-state index in [9.17, 15) is 58.8 Å². The molecule has 0 amide bonds. The number of ether oxygens (including phenoxy) is 4. The van der Waals surface area contributed by atoms with E-state index in [1.54, 1.807) is 0 Å². The van der Waals surface area contributed by atoms with Crippen LogP contribution in [0, 0.1) is 47.3 Å². The van der Waals surface area contributed by atoms with Crippen LogP contribution in [0.15, 0.2) is 364 Å². The van der Waals surface area contributed by atoms with Crippen molar-refractivity contribution in [2.75, 3.05) is 0 Å². The Morgan fingerprint density at radius 3 is 0.404 bits per heavy atom. The lowest BCUT2D eigenvalue weighted by molar-refractivity contribution is -0.171. The Bertz CT molecular complexity index is 4990. The van der Waals surface area contributed by atoms with Crippen molar-refractivity contribution in [2.24, 2.45) is 47.3 Å². The molecule has 20 rings (SSSR count). The van der Waals surface area contributed by atoms with Crippen LogP contribution in [-0.4, -0.2) is 92.6 Å². The largest absolute Gasteiger partial charge is 0.481 e. The minimum absolute atomic E-state index is 0.180. The van der Waals surface area contributed by atoms with Crippen molar-refractivity contribution < 1.29 is 77.7 Å². The Hall–Kier alpha value is -13.6. The van der Waals surface area contributed by atoms with E-state index in [1.807, 2.05) is 315 Å². The molecule has 8 aliphatic rings. The first-order chi connectivity index (χ1) is 66.6. The molecule has 0 saturated heterocycles. The molecule has 0 radical (unpaired) electrons. The van der Waals surface area contributed by atoms with Crippen LogP contribution in [0.4, 0.5) is 0 Å². The summed E-state index contributed by atoms with van der Waals surface area (Å²) in [6.07, 6.45) is 15.2. The molecule has 8 saturated carbocycles. The molecule has 16 heteroatoms. The van der Waals surface area contributed by atoms with Gasteiger partial charge in [0.25, 0.3) is 0 Å². The maximum absolute atomic E-state index is 13.8. The van der Waals surface area contributed by atoms with E-state index in [-0.39, 0.29) is 72.0 Å². The van der Waals surface area contributed by atoms with Gasteiger partial charge < -0.3 is 39.4 Å². The number of carboxylic acid groups (broad SMARTS) is 4. The van der Waals surface area contributed by atoms with Crippen LogP contribution in [0.25, 0.3) is 0 Å². The lowest BCUT2D eigenvalue weighted by Crippen LogP contribution is -2.52. The molecule has 8 aliphatic carbocycles. The second-order valence-electron chi connectivity index (χ2n) is 38.2. The molecule has 16 atom stereocenters. The zero-order valence-electron chi connectivity index (χ0n) is 76.5. The Labute approximate surface area is 796 Å². The topological polar surface area (TPSA) is 254 Å². The van der Waals surface area contributed by atoms with Gasteiger partial charge in [0.1, 0.15) is 24.4 Å². The molecular formula is C120H120O16. The number of hydrogen-bond acceptors (Lipinski definition) is 12. The van der Waals surface area contributed by atoms with Crippen molar-refractivity contribution in [3.05, 3.63) is 431 Å². The average molecular weight is 1820 g/mol. The van der Waals surface area contributed by atoms with Crippen LogP contribution in [-0.2, 0) is 57.3 Å². The first kappa shape index (κ1) is 94.2. The number of carbonyl (C=O) groups is 8. The minimum atomic E-state index is -0.869. The molecule has 696 valence electrons. The standard InChI is InChI=1S/4C30H30O4/c4*31-29(32)27-25(21-14-6-2-7-15-21)28(26(27)22-16-8-3-9-17-22)30(33)34-24-19-11-10-18-23(24)20-12-4-1-5-13-20/h4*1-9,12-17,23-28H,10-11,18-19H2,(H,31,32)/t2*23?,24-,25+,26+,27?,28?;2*23?,24-,25-,26-,27?,28?/m1010/s1. The summed E-state index contributed by atoms with van der Waals surface area (Å²) in [6, 6.07) is 118. The molecule has 0 aromatic heterocycles. The SMILES string of the molecule is O=C(O)C1[C@@H](c2ccccc2)C(C(=O)O[C@@H]2CCCCC2c2ccccc2)[C@@H]1c1ccccc1.O=C(O)C1[C@@H](c2ccccc2)C(C(=O)O[C@H]2CCCCC2c2ccccc2)[C@@H]1c1ccccc1.O=C(O)C1[C@H](c2ccccc2)C(C(=O)O[C@@H]2CCCCC2c2ccccc2)[C@H]1c1ccccc1.O=C(O)C1[C@H](c2ccccc2)C(C(=O)O[C@H]2CCCCC2c2ccccc2)[C@H]1c1ccccc1. The fourth-order valence-electron chi connectivity index (χ4n) is 24.3. The van der Waals surface area contributed by atoms with Crippen LogP contribution < -0.4 is 0 Å². The predicted molar refractivity (Wildman–Crippen MR) is 522 cm³/mol. The van der Waals surface area contributed by atoms with Crippen molar-refractivity contribution >= 4 is 47.8 Å². The van der Waals surface area contributed by atoms with Gasteiger partial charge in [-0.05, 0) is 144 Å². The molecule has 0 heterocycles. The molecular weight excluding hydrogens is 1700 g/mol. The van der Waals surface area contributed by atoms with Crippen LogP contribution in [0.3, 0.4) is 0 Å². The van der Waals surface area contributed by atoms with Gasteiger partial charge in [0.15, 0.2) is 0 Å². The van der Waals surface area contributed by atoms with Gasteiger partial charge in [-0.3, -0.25) is 38.4 Å². The van der Waals surface area contributed by atoms with Gasteiger partial charge in [0.05, 0.1) is 47.3 Å². The van der Waals surface area contributed by atoms with Crippen molar-refractivity contribution in [3.8, 4) is 0 Å². The number of benzene rings is 12. The molecule has 136 heavy (non-hydrogen) atoms. The first-order valence-corrected chi connectivity index (χ1v) is 48.9. The lowest BCUT2D eigenvalue weighted by Gasteiger charge is -2.49. The number of aliphatic carboxylic acids is 4. The molecule has 8 fully saturated rings. The molecule has 12 aromatic rings. The first-order valence-electron chi connectivity index (χ1n) is 48.9. The zero-order chi connectivity index (χ0) is 94.0. The molecule has 0 bridgehead atoms. The number of carbonyl (C=O) groups excluding carboxylic acids is 4. The summed E-state index contributed by atoms with van der Waals surface area (Å²) in [4.78, 5) is 105. The zero-order valence-corrected chi connectivity index (χ0v) is 76.5. The minimum Gasteiger partial charge on any atom is -0.481 e. The normalized spacial score (nSPS) is 28.5. The number of hydrogen-bond donors (Lipinski definition) is 4. The Morgan fingerprint density at radius 1 is 0.162 bits per heavy atom. The van der Waals surface area contributed by atoms with Crippen molar-refractivity contribution in [3.63, 3.8) is 0 Å². The van der Waals surface area contributed by atoms with Gasteiger partial charge in [0.2, 0.25) is 0 Å². The molecule has 4 N–H and O–H groups in total. The maximum Gasteiger partial charge on any atom is 0.310 e. The highest BCUT2D eigenvalue weighted by molar-refractivity contribution is 5.88. The van der Waals surface area contributed by atoms with Crippen LogP contribution >= 0.6 is 0 Å².